The van der Waals surface area contributed by atoms with Gasteiger partial charge in [-0.1, -0.05) is 6.92 Å². The number of nitrogens with one attached hydrogen (secondary N) is 1. The van der Waals surface area contributed by atoms with Crippen LogP contribution in [0.15, 0.2) is 36.7 Å². The molecule has 0 saturated carbocycles. The molecule has 3 nitrogen and oxygen atoms in total. The van der Waals surface area contributed by atoms with Gasteiger partial charge in [-0.15, -0.1) is 0 Å². The average molecular weight is 292 g/mol. The highest BCUT2D eigenvalue weighted by Crippen LogP contribution is 2.31. The van der Waals surface area contributed by atoms with Crippen molar-refractivity contribution in [3.05, 3.63) is 59.4 Å². The Balaban J connectivity index is 2.50. The van der Waals surface area contributed by atoms with Crippen LogP contribution in [-0.4, -0.2) is 18.6 Å². The molecular formula is C16H18F2N2O. The van der Waals surface area contributed by atoms with Crippen LogP contribution in [-0.2, 0) is 0 Å². The zero-order valence-electron chi connectivity index (χ0n) is 12.1. The third kappa shape index (κ3) is 3.55. The largest absolute Gasteiger partial charge is 0.496 e. The van der Waals surface area contributed by atoms with Crippen LogP contribution < -0.4 is 10.1 Å². The maximum Gasteiger partial charge on any atom is 0.146 e. The Morgan fingerprint density at radius 2 is 2.05 bits per heavy atom. The lowest BCUT2D eigenvalue weighted by Gasteiger charge is -2.22. The monoisotopic (exact) mass is 292 g/mol. The molecule has 1 aromatic heterocycles. The van der Waals surface area contributed by atoms with Gasteiger partial charge in [0.2, 0.25) is 0 Å². The Morgan fingerprint density at radius 1 is 1.24 bits per heavy atom. The summed E-state index contributed by atoms with van der Waals surface area (Å²) in [5.41, 5.74) is 0.985. The molecule has 1 heterocycles. The van der Waals surface area contributed by atoms with Gasteiger partial charge in [0.05, 0.1) is 19.3 Å². The lowest BCUT2D eigenvalue weighted by atomic mass is 9.98. The normalized spacial score (nSPS) is 12.2. The van der Waals surface area contributed by atoms with Gasteiger partial charge in [0.1, 0.15) is 17.4 Å². The molecule has 0 spiro atoms. The zero-order valence-corrected chi connectivity index (χ0v) is 12.1. The maximum atomic E-state index is 14.1. The van der Waals surface area contributed by atoms with E-state index in [0.717, 1.165) is 12.6 Å². The smallest absolute Gasteiger partial charge is 0.146 e. The fourth-order valence-corrected chi connectivity index (χ4v) is 2.23. The van der Waals surface area contributed by atoms with E-state index in [2.05, 4.69) is 10.3 Å². The van der Waals surface area contributed by atoms with Gasteiger partial charge >= 0.3 is 0 Å². The van der Waals surface area contributed by atoms with Crippen molar-refractivity contribution in [3.8, 4) is 5.75 Å². The second-order valence-corrected chi connectivity index (χ2v) is 4.67. The summed E-state index contributed by atoms with van der Waals surface area (Å²) in [6.07, 6.45) is 3.55. The third-order valence-electron chi connectivity index (χ3n) is 3.22. The first-order valence-electron chi connectivity index (χ1n) is 6.83. The number of halogens is 2. The molecule has 0 saturated heterocycles. The molecule has 2 aromatic rings. The maximum absolute atomic E-state index is 14.1. The Kier molecular flexibility index (Phi) is 5.22. The molecule has 2 rings (SSSR count). The molecule has 0 aliphatic heterocycles. The molecule has 0 aliphatic carbocycles. The van der Waals surface area contributed by atoms with Crippen LogP contribution in [0, 0.1) is 11.6 Å². The van der Waals surface area contributed by atoms with Gasteiger partial charge in [0, 0.05) is 17.3 Å². The fourth-order valence-electron chi connectivity index (χ4n) is 2.23. The molecule has 0 aliphatic rings. The molecule has 0 amide bonds. The first kappa shape index (κ1) is 15.4. The van der Waals surface area contributed by atoms with E-state index in [1.807, 2.05) is 6.92 Å². The first-order valence-corrected chi connectivity index (χ1v) is 6.83. The number of ether oxygens (including phenoxy) is 1. The van der Waals surface area contributed by atoms with E-state index in [-0.39, 0.29) is 5.82 Å². The van der Waals surface area contributed by atoms with E-state index in [4.69, 9.17) is 4.74 Å². The second-order valence-electron chi connectivity index (χ2n) is 4.67. The number of aromatic nitrogens is 1. The van der Waals surface area contributed by atoms with Gasteiger partial charge in [0.25, 0.3) is 0 Å². The molecule has 21 heavy (non-hydrogen) atoms. The Morgan fingerprint density at radius 3 is 2.71 bits per heavy atom. The Hall–Kier alpha value is -2.01. The van der Waals surface area contributed by atoms with Crippen molar-refractivity contribution in [3.63, 3.8) is 0 Å². The van der Waals surface area contributed by atoms with Crippen molar-refractivity contribution >= 4 is 0 Å². The van der Waals surface area contributed by atoms with Crippen LogP contribution in [0.5, 0.6) is 5.75 Å². The third-order valence-corrected chi connectivity index (χ3v) is 3.22. The van der Waals surface area contributed by atoms with Crippen molar-refractivity contribution in [1.29, 1.82) is 0 Å². The van der Waals surface area contributed by atoms with Crippen LogP contribution in [0.25, 0.3) is 0 Å². The number of rotatable bonds is 6. The summed E-state index contributed by atoms with van der Waals surface area (Å²) in [5, 5.41) is 3.23. The summed E-state index contributed by atoms with van der Waals surface area (Å²) in [6, 6.07) is 5.34. The molecule has 0 fully saturated rings. The number of methoxy groups -OCH3 is 1. The summed E-state index contributed by atoms with van der Waals surface area (Å²) in [6.45, 7) is 2.68. The molecule has 1 unspecified atom stereocenters. The molecular weight excluding hydrogens is 274 g/mol. The van der Waals surface area contributed by atoms with E-state index in [1.165, 1.54) is 25.4 Å². The van der Waals surface area contributed by atoms with Crippen LogP contribution in [0.3, 0.4) is 0 Å². The number of benzene rings is 1. The molecule has 1 aromatic carbocycles. The standard InChI is InChI=1S/C16H18F2N2O/c1-3-7-20-16(12-6-8-19-10-14(12)18)13-9-11(17)4-5-15(13)21-2/h4-6,8-10,16,20H,3,7H2,1-2H3. The van der Waals surface area contributed by atoms with Crippen molar-refractivity contribution in [1.82, 2.24) is 10.3 Å². The van der Waals surface area contributed by atoms with E-state index in [1.54, 1.807) is 12.1 Å². The van der Waals surface area contributed by atoms with Crippen molar-refractivity contribution in [2.45, 2.75) is 19.4 Å². The molecule has 0 bridgehead atoms. The molecule has 1 atom stereocenters. The minimum absolute atomic E-state index is 0.386. The molecule has 5 heteroatoms. The molecule has 1 N–H and O–H groups in total. The van der Waals surface area contributed by atoms with Gasteiger partial charge in [0.15, 0.2) is 0 Å². The summed E-state index contributed by atoms with van der Waals surface area (Å²) >= 11 is 0. The van der Waals surface area contributed by atoms with Crippen LogP contribution in [0.1, 0.15) is 30.5 Å². The quantitative estimate of drug-likeness (QED) is 0.885. The van der Waals surface area contributed by atoms with Crippen LogP contribution in [0.2, 0.25) is 0 Å². The Bertz CT molecular complexity index is 605. The number of hydrogen-bond donors (Lipinski definition) is 1. The van der Waals surface area contributed by atoms with E-state index in [9.17, 15) is 8.78 Å². The van der Waals surface area contributed by atoms with Crippen molar-refractivity contribution in [2.75, 3.05) is 13.7 Å². The lowest BCUT2D eigenvalue weighted by molar-refractivity contribution is 0.401. The van der Waals surface area contributed by atoms with E-state index >= 15 is 0 Å². The summed E-state index contributed by atoms with van der Waals surface area (Å²) < 4.78 is 32.9. The summed E-state index contributed by atoms with van der Waals surface area (Å²) in [5.74, 6) is -0.304. The number of hydrogen-bond acceptors (Lipinski definition) is 3. The first-order chi connectivity index (χ1) is 10.2. The highest BCUT2D eigenvalue weighted by molar-refractivity contribution is 5.42. The highest BCUT2D eigenvalue weighted by atomic mass is 19.1. The SMILES string of the molecule is CCCNC(c1ccncc1F)c1cc(F)ccc1OC. The van der Waals surface area contributed by atoms with Gasteiger partial charge in [-0.05, 0) is 37.2 Å². The zero-order chi connectivity index (χ0) is 15.2. The molecule has 0 radical (unpaired) electrons. The van der Waals surface area contributed by atoms with Gasteiger partial charge in [-0.3, -0.25) is 4.98 Å². The topological polar surface area (TPSA) is 34.2 Å². The average Bonchev–Trinajstić information content (AvgIpc) is 2.49. The van der Waals surface area contributed by atoms with Crippen LogP contribution >= 0.6 is 0 Å². The van der Waals surface area contributed by atoms with Crippen LogP contribution in [0.4, 0.5) is 8.78 Å². The Labute approximate surface area is 123 Å². The van der Waals surface area contributed by atoms with Crippen molar-refractivity contribution in [2.24, 2.45) is 0 Å². The van der Waals surface area contributed by atoms with E-state index < -0.39 is 11.9 Å². The molecule has 112 valence electrons. The minimum Gasteiger partial charge on any atom is -0.496 e. The van der Waals surface area contributed by atoms with Crippen molar-refractivity contribution < 1.29 is 13.5 Å². The number of pyridine rings is 1. The predicted molar refractivity (Wildman–Crippen MR) is 77.3 cm³/mol. The predicted octanol–water partition coefficient (Wildman–Crippen LogP) is 3.46. The van der Waals surface area contributed by atoms with Gasteiger partial charge in [-0.2, -0.15) is 0 Å². The lowest BCUT2D eigenvalue weighted by Crippen LogP contribution is -2.24. The minimum atomic E-state index is -0.487. The summed E-state index contributed by atoms with van der Waals surface area (Å²) in [4.78, 5) is 3.75. The summed E-state index contributed by atoms with van der Waals surface area (Å²) in [7, 11) is 1.51. The number of nitrogens with zero attached hydrogens (tertiary/aromatic N) is 1. The fraction of sp³-hybridized carbons (Fsp3) is 0.312. The van der Waals surface area contributed by atoms with Gasteiger partial charge < -0.3 is 10.1 Å². The highest BCUT2D eigenvalue weighted by Gasteiger charge is 2.21. The van der Waals surface area contributed by atoms with Gasteiger partial charge in [-0.25, -0.2) is 8.78 Å². The van der Waals surface area contributed by atoms with E-state index in [0.29, 0.717) is 23.4 Å². The second kappa shape index (κ2) is 7.13.